The van der Waals surface area contributed by atoms with Gasteiger partial charge in [0, 0.05) is 23.2 Å². The van der Waals surface area contributed by atoms with E-state index in [-0.39, 0.29) is 17.5 Å². The first-order chi connectivity index (χ1) is 12.8. The normalized spacial score (nSPS) is 11.6. The first-order valence-corrected chi connectivity index (χ1v) is 8.32. The van der Waals surface area contributed by atoms with E-state index in [0.717, 1.165) is 5.56 Å². The molecule has 0 amide bonds. The van der Waals surface area contributed by atoms with Crippen LogP contribution in [0.1, 0.15) is 18.1 Å². The lowest BCUT2D eigenvalue weighted by Gasteiger charge is -2.18. The number of nitrogens with zero attached hydrogens (tertiary/aromatic N) is 1. The SMILES string of the molecule is COc1cc(CC(C)N)c(Oc2cc(C)c([N+](=O)[O-])cc2OC)cc1OC. The Morgan fingerprint density at radius 1 is 0.963 bits per heavy atom. The Kier molecular flexibility index (Phi) is 6.46. The number of nitrogens with two attached hydrogens (primary N) is 1. The van der Waals surface area contributed by atoms with E-state index >= 15 is 0 Å². The number of ether oxygens (including phenoxy) is 4. The van der Waals surface area contributed by atoms with E-state index in [2.05, 4.69) is 0 Å². The highest BCUT2D eigenvalue weighted by Gasteiger charge is 2.20. The van der Waals surface area contributed by atoms with Gasteiger partial charge in [0.05, 0.1) is 32.3 Å². The fourth-order valence-electron chi connectivity index (χ4n) is 2.71. The maximum absolute atomic E-state index is 11.2. The molecule has 0 aliphatic heterocycles. The van der Waals surface area contributed by atoms with Gasteiger partial charge in [-0.15, -0.1) is 0 Å². The molecule has 0 saturated heterocycles. The zero-order chi connectivity index (χ0) is 20.1. The van der Waals surface area contributed by atoms with E-state index < -0.39 is 4.92 Å². The molecule has 0 aliphatic carbocycles. The van der Waals surface area contributed by atoms with Crippen molar-refractivity contribution in [2.75, 3.05) is 21.3 Å². The van der Waals surface area contributed by atoms with E-state index in [4.69, 9.17) is 24.7 Å². The monoisotopic (exact) mass is 376 g/mol. The molecule has 8 nitrogen and oxygen atoms in total. The molecule has 0 spiro atoms. The molecule has 8 heteroatoms. The summed E-state index contributed by atoms with van der Waals surface area (Å²) >= 11 is 0. The Labute approximate surface area is 157 Å². The molecule has 0 radical (unpaired) electrons. The van der Waals surface area contributed by atoms with Crippen LogP contribution in [0.5, 0.6) is 28.7 Å². The minimum Gasteiger partial charge on any atom is -0.493 e. The first kappa shape index (κ1) is 20.3. The van der Waals surface area contributed by atoms with Gasteiger partial charge in [-0.3, -0.25) is 10.1 Å². The lowest BCUT2D eigenvalue weighted by molar-refractivity contribution is -0.385. The Hall–Kier alpha value is -3.00. The van der Waals surface area contributed by atoms with Crippen LogP contribution in [0, 0.1) is 17.0 Å². The summed E-state index contributed by atoms with van der Waals surface area (Å²) in [6, 6.07) is 6.32. The zero-order valence-electron chi connectivity index (χ0n) is 16.1. The number of nitro groups is 1. The number of benzene rings is 2. The van der Waals surface area contributed by atoms with Crippen molar-refractivity contribution in [3.8, 4) is 28.7 Å². The lowest BCUT2D eigenvalue weighted by Crippen LogP contribution is -2.18. The molecule has 27 heavy (non-hydrogen) atoms. The van der Waals surface area contributed by atoms with E-state index in [9.17, 15) is 10.1 Å². The summed E-state index contributed by atoms with van der Waals surface area (Å²) in [6.07, 6.45) is 0.546. The van der Waals surface area contributed by atoms with Crippen molar-refractivity contribution < 1.29 is 23.9 Å². The predicted octanol–water partition coefficient (Wildman–Crippen LogP) is 3.61. The van der Waals surface area contributed by atoms with E-state index in [0.29, 0.717) is 35.0 Å². The highest BCUT2D eigenvalue weighted by Crippen LogP contribution is 2.41. The van der Waals surface area contributed by atoms with Crippen LogP contribution >= 0.6 is 0 Å². The summed E-state index contributed by atoms with van der Waals surface area (Å²) in [5.74, 6) is 2.19. The first-order valence-electron chi connectivity index (χ1n) is 8.32. The largest absolute Gasteiger partial charge is 0.493 e. The van der Waals surface area contributed by atoms with Gasteiger partial charge >= 0.3 is 0 Å². The second-order valence-corrected chi connectivity index (χ2v) is 6.15. The van der Waals surface area contributed by atoms with Gasteiger partial charge in [0.1, 0.15) is 5.75 Å². The zero-order valence-corrected chi connectivity index (χ0v) is 16.1. The van der Waals surface area contributed by atoms with Crippen molar-refractivity contribution in [3.05, 3.63) is 45.5 Å². The Balaban J connectivity index is 2.55. The third-order valence-corrected chi connectivity index (χ3v) is 4.01. The third-order valence-electron chi connectivity index (χ3n) is 4.01. The second kappa shape index (κ2) is 8.59. The molecular formula is C19H24N2O6. The summed E-state index contributed by atoms with van der Waals surface area (Å²) in [5.41, 5.74) is 7.20. The fraction of sp³-hybridized carbons (Fsp3) is 0.368. The highest BCUT2D eigenvalue weighted by molar-refractivity contribution is 5.57. The van der Waals surface area contributed by atoms with Gasteiger partial charge in [-0.05, 0) is 32.4 Å². The molecule has 146 valence electrons. The van der Waals surface area contributed by atoms with Crippen LogP contribution in [0.3, 0.4) is 0 Å². The predicted molar refractivity (Wildman–Crippen MR) is 101 cm³/mol. The van der Waals surface area contributed by atoms with Crippen LogP contribution in [-0.4, -0.2) is 32.3 Å². The van der Waals surface area contributed by atoms with Crippen LogP contribution in [0.4, 0.5) is 5.69 Å². The van der Waals surface area contributed by atoms with Crippen molar-refractivity contribution >= 4 is 5.69 Å². The van der Waals surface area contributed by atoms with Gasteiger partial charge in [0.2, 0.25) is 0 Å². The number of methoxy groups -OCH3 is 3. The fourth-order valence-corrected chi connectivity index (χ4v) is 2.71. The van der Waals surface area contributed by atoms with Crippen molar-refractivity contribution in [1.29, 1.82) is 0 Å². The maximum Gasteiger partial charge on any atom is 0.276 e. The van der Waals surface area contributed by atoms with Crippen molar-refractivity contribution in [1.82, 2.24) is 0 Å². The van der Waals surface area contributed by atoms with Gasteiger partial charge in [-0.2, -0.15) is 0 Å². The topological polar surface area (TPSA) is 106 Å². The number of aryl methyl sites for hydroxylation is 1. The molecule has 2 N–H and O–H groups in total. The average molecular weight is 376 g/mol. The van der Waals surface area contributed by atoms with Gasteiger partial charge in [0.25, 0.3) is 5.69 Å². The van der Waals surface area contributed by atoms with Crippen molar-refractivity contribution in [2.24, 2.45) is 5.73 Å². The van der Waals surface area contributed by atoms with Gasteiger partial charge in [-0.25, -0.2) is 0 Å². The third kappa shape index (κ3) is 4.59. The maximum atomic E-state index is 11.2. The van der Waals surface area contributed by atoms with Crippen molar-refractivity contribution in [3.63, 3.8) is 0 Å². The van der Waals surface area contributed by atoms with E-state index in [1.165, 1.54) is 20.3 Å². The van der Waals surface area contributed by atoms with E-state index in [1.54, 1.807) is 26.2 Å². The van der Waals surface area contributed by atoms with Gasteiger partial charge in [0.15, 0.2) is 23.0 Å². The number of nitro benzene ring substituents is 1. The quantitative estimate of drug-likeness (QED) is 0.554. The summed E-state index contributed by atoms with van der Waals surface area (Å²) < 4.78 is 22.0. The molecule has 0 aromatic heterocycles. The van der Waals surface area contributed by atoms with Crippen LogP contribution in [0.25, 0.3) is 0 Å². The molecule has 2 aromatic rings. The van der Waals surface area contributed by atoms with Gasteiger partial charge < -0.3 is 24.7 Å². The minimum absolute atomic E-state index is 0.0395. The Morgan fingerprint density at radius 2 is 1.52 bits per heavy atom. The molecule has 0 fully saturated rings. The minimum atomic E-state index is -0.459. The van der Waals surface area contributed by atoms with Crippen LogP contribution < -0.4 is 24.7 Å². The van der Waals surface area contributed by atoms with Crippen molar-refractivity contribution in [2.45, 2.75) is 26.3 Å². The molecule has 0 aliphatic rings. The number of hydrogen-bond donors (Lipinski definition) is 1. The lowest BCUT2D eigenvalue weighted by atomic mass is 10.1. The Morgan fingerprint density at radius 3 is 2.04 bits per heavy atom. The molecular weight excluding hydrogens is 352 g/mol. The van der Waals surface area contributed by atoms with Crippen LogP contribution in [-0.2, 0) is 6.42 Å². The Bertz CT molecular complexity index is 835. The smallest absolute Gasteiger partial charge is 0.276 e. The number of rotatable bonds is 8. The summed E-state index contributed by atoms with van der Waals surface area (Å²) in [7, 11) is 4.51. The molecule has 0 heterocycles. The molecule has 0 bridgehead atoms. The highest BCUT2D eigenvalue weighted by atomic mass is 16.6. The summed E-state index contributed by atoms with van der Waals surface area (Å²) in [5, 5.41) is 11.2. The molecule has 0 saturated carbocycles. The molecule has 1 unspecified atom stereocenters. The summed E-state index contributed by atoms with van der Waals surface area (Å²) in [4.78, 5) is 10.7. The molecule has 2 aromatic carbocycles. The van der Waals surface area contributed by atoms with Gasteiger partial charge in [-0.1, -0.05) is 0 Å². The number of hydrogen-bond acceptors (Lipinski definition) is 7. The standard InChI is InChI=1S/C19H24N2O6/c1-11-6-19(17(25-4)9-14(11)21(22)23)27-15-10-18(26-5)16(24-3)8-13(15)7-12(2)20/h6,8-10,12H,7,20H2,1-5H3. The summed E-state index contributed by atoms with van der Waals surface area (Å²) in [6.45, 7) is 3.53. The van der Waals surface area contributed by atoms with Crippen LogP contribution in [0.2, 0.25) is 0 Å². The average Bonchev–Trinajstić information content (AvgIpc) is 2.62. The second-order valence-electron chi connectivity index (χ2n) is 6.15. The van der Waals surface area contributed by atoms with Crippen LogP contribution in [0.15, 0.2) is 24.3 Å². The van der Waals surface area contributed by atoms with E-state index in [1.807, 2.05) is 13.0 Å². The molecule has 2 rings (SSSR count). The molecule has 1 atom stereocenters.